The summed E-state index contributed by atoms with van der Waals surface area (Å²) in [7, 11) is 0. The summed E-state index contributed by atoms with van der Waals surface area (Å²) in [4.78, 5) is 21.3. The Kier molecular flexibility index (Phi) is 3.05. The van der Waals surface area contributed by atoms with Gasteiger partial charge in [0.25, 0.3) is 5.91 Å². The van der Waals surface area contributed by atoms with Gasteiger partial charge in [0.1, 0.15) is 6.54 Å². The lowest BCUT2D eigenvalue weighted by Gasteiger charge is -2.01. The average molecular weight is 198 g/mol. The molecule has 1 aromatic heterocycles. The first-order chi connectivity index (χ1) is 6.58. The van der Waals surface area contributed by atoms with Gasteiger partial charge >= 0.3 is 5.97 Å². The Bertz CT molecular complexity index is 346. The van der Waals surface area contributed by atoms with Crippen molar-refractivity contribution in [1.29, 1.82) is 0 Å². The van der Waals surface area contributed by atoms with Crippen LogP contribution in [0.5, 0.6) is 0 Å². The molecule has 0 aromatic carbocycles. The number of primary amides is 1. The highest BCUT2D eigenvalue weighted by Gasteiger charge is 2.06. The molecular formula is C7H10N4O3. The van der Waals surface area contributed by atoms with E-state index in [4.69, 9.17) is 11.5 Å². The molecule has 0 bridgehead atoms. The summed E-state index contributed by atoms with van der Waals surface area (Å²) in [6.07, 6.45) is 2.88. The second-order valence-electron chi connectivity index (χ2n) is 2.60. The predicted octanol–water partition coefficient (Wildman–Crippen LogP) is -1.51. The summed E-state index contributed by atoms with van der Waals surface area (Å²) in [5.74, 6) is -1.29. The first-order valence-electron chi connectivity index (χ1n) is 3.80. The second-order valence-corrected chi connectivity index (χ2v) is 2.60. The molecule has 1 rings (SSSR count). The quantitative estimate of drug-likeness (QED) is 0.571. The number of hydrogen-bond acceptors (Lipinski definition) is 5. The molecule has 1 amide bonds. The number of anilines is 1. The minimum absolute atomic E-state index is 0.0928. The Balaban J connectivity index is 2.37. The molecule has 14 heavy (non-hydrogen) atoms. The van der Waals surface area contributed by atoms with E-state index in [0.29, 0.717) is 5.69 Å². The largest absolute Gasteiger partial charge is 0.454 e. The molecule has 0 spiro atoms. The number of amides is 1. The zero-order valence-electron chi connectivity index (χ0n) is 7.34. The van der Waals surface area contributed by atoms with Gasteiger partial charge in [-0.1, -0.05) is 0 Å². The Morgan fingerprint density at radius 2 is 2.29 bits per heavy atom. The van der Waals surface area contributed by atoms with Gasteiger partial charge in [0.05, 0.1) is 11.9 Å². The summed E-state index contributed by atoms with van der Waals surface area (Å²) in [6.45, 7) is -0.514. The van der Waals surface area contributed by atoms with Crippen LogP contribution in [-0.4, -0.2) is 28.3 Å². The first-order valence-corrected chi connectivity index (χ1v) is 3.80. The first kappa shape index (κ1) is 10.0. The number of hydrogen-bond donors (Lipinski definition) is 2. The van der Waals surface area contributed by atoms with E-state index in [9.17, 15) is 9.59 Å². The fourth-order valence-corrected chi connectivity index (χ4v) is 0.796. The fraction of sp³-hybridized carbons (Fsp3) is 0.286. The van der Waals surface area contributed by atoms with E-state index >= 15 is 0 Å². The van der Waals surface area contributed by atoms with Crippen LogP contribution in [0.2, 0.25) is 0 Å². The summed E-state index contributed by atoms with van der Waals surface area (Å²) in [6, 6.07) is 0. The van der Waals surface area contributed by atoms with E-state index in [1.807, 2.05) is 0 Å². The molecule has 0 saturated carbocycles. The van der Waals surface area contributed by atoms with Gasteiger partial charge in [-0.05, 0) is 0 Å². The predicted molar refractivity (Wildman–Crippen MR) is 46.8 cm³/mol. The SMILES string of the molecule is NC(=O)COC(=O)Cn1cc(N)cn1. The maximum Gasteiger partial charge on any atom is 0.328 e. The average Bonchev–Trinajstić information content (AvgIpc) is 2.48. The lowest BCUT2D eigenvalue weighted by atomic mass is 10.6. The van der Waals surface area contributed by atoms with Crippen molar-refractivity contribution in [3.63, 3.8) is 0 Å². The fourth-order valence-electron chi connectivity index (χ4n) is 0.796. The molecule has 7 nitrogen and oxygen atoms in total. The van der Waals surface area contributed by atoms with E-state index in [2.05, 4.69) is 9.84 Å². The molecule has 0 fully saturated rings. The Hall–Kier alpha value is -2.05. The highest BCUT2D eigenvalue weighted by atomic mass is 16.5. The van der Waals surface area contributed by atoms with Gasteiger partial charge in [0.2, 0.25) is 0 Å². The zero-order chi connectivity index (χ0) is 10.6. The minimum Gasteiger partial charge on any atom is -0.454 e. The lowest BCUT2D eigenvalue weighted by molar-refractivity contribution is -0.148. The monoisotopic (exact) mass is 198 g/mol. The van der Waals surface area contributed by atoms with Crippen molar-refractivity contribution in [2.75, 3.05) is 12.3 Å². The third-order valence-electron chi connectivity index (χ3n) is 1.32. The molecule has 4 N–H and O–H groups in total. The van der Waals surface area contributed by atoms with E-state index in [0.717, 1.165) is 0 Å². The van der Waals surface area contributed by atoms with Crippen molar-refractivity contribution in [1.82, 2.24) is 9.78 Å². The van der Waals surface area contributed by atoms with Crippen molar-refractivity contribution < 1.29 is 14.3 Å². The topological polar surface area (TPSA) is 113 Å². The number of aromatic nitrogens is 2. The lowest BCUT2D eigenvalue weighted by Crippen LogP contribution is -2.23. The third kappa shape index (κ3) is 3.13. The number of nitrogens with two attached hydrogens (primary N) is 2. The highest BCUT2D eigenvalue weighted by molar-refractivity contribution is 5.78. The second kappa shape index (κ2) is 4.26. The van der Waals surface area contributed by atoms with E-state index in [1.54, 1.807) is 0 Å². The molecule has 0 aliphatic heterocycles. The molecule has 0 atom stereocenters. The molecule has 0 unspecified atom stereocenters. The third-order valence-corrected chi connectivity index (χ3v) is 1.32. The van der Waals surface area contributed by atoms with Gasteiger partial charge in [-0.15, -0.1) is 0 Å². The van der Waals surface area contributed by atoms with Crippen LogP contribution in [0.1, 0.15) is 0 Å². The number of esters is 1. The van der Waals surface area contributed by atoms with Crippen LogP contribution in [0.3, 0.4) is 0 Å². The molecular weight excluding hydrogens is 188 g/mol. The summed E-state index contributed by atoms with van der Waals surface area (Å²) >= 11 is 0. The van der Waals surface area contributed by atoms with Gasteiger partial charge in [-0.25, -0.2) is 0 Å². The number of nitrogens with zero attached hydrogens (tertiary/aromatic N) is 2. The van der Waals surface area contributed by atoms with Crippen molar-refractivity contribution in [2.45, 2.75) is 6.54 Å². The molecule has 0 radical (unpaired) electrons. The van der Waals surface area contributed by atoms with Crippen LogP contribution in [0.15, 0.2) is 12.4 Å². The number of nitrogen functional groups attached to an aromatic ring is 1. The van der Waals surface area contributed by atoms with Crippen LogP contribution in [-0.2, 0) is 20.9 Å². The molecule has 0 aliphatic carbocycles. The van der Waals surface area contributed by atoms with Crippen molar-refractivity contribution >= 4 is 17.6 Å². The minimum atomic E-state index is -0.696. The zero-order valence-corrected chi connectivity index (χ0v) is 7.34. The van der Waals surface area contributed by atoms with Crippen LogP contribution in [0.4, 0.5) is 5.69 Å². The molecule has 7 heteroatoms. The van der Waals surface area contributed by atoms with Crippen LogP contribution >= 0.6 is 0 Å². The Labute approximate surface area is 79.6 Å². The Morgan fingerprint density at radius 1 is 1.57 bits per heavy atom. The summed E-state index contributed by atoms with van der Waals surface area (Å²) in [5.41, 5.74) is 10.6. The summed E-state index contributed by atoms with van der Waals surface area (Å²) < 4.78 is 5.81. The molecule has 0 saturated heterocycles. The van der Waals surface area contributed by atoms with Crippen molar-refractivity contribution in [2.24, 2.45) is 5.73 Å². The van der Waals surface area contributed by atoms with Gasteiger partial charge < -0.3 is 16.2 Å². The normalized spacial score (nSPS) is 9.71. The van der Waals surface area contributed by atoms with E-state index < -0.39 is 18.5 Å². The van der Waals surface area contributed by atoms with Crippen LogP contribution in [0, 0.1) is 0 Å². The Morgan fingerprint density at radius 3 is 2.79 bits per heavy atom. The molecule has 0 aliphatic rings. The van der Waals surface area contributed by atoms with Crippen molar-refractivity contribution in [3.8, 4) is 0 Å². The number of rotatable bonds is 4. The number of ether oxygens (including phenoxy) is 1. The standard InChI is InChI=1S/C7H10N4O3/c8-5-1-10-11(2-5)3-7(13)14-4-6(9)12/h1-2H,3-4,8H2,(H2,9,12). The van der Waals surface area contributed by atoms with Crippen molar-refractivity contribution in [3.05, 3.63) is 12.4 Å². The van der Waals surface area contributed by atoms with E-state index in [1.165, 1.54) is 17.1 Å². The van der Waals surface area contributed by atoms with Crippen LogP contribution < -0.4 is 11.5 Å². The maximum atomic E-state index is 11.0. The number of carbonyl (C=O) groups excluding carboxylic acids is 2. The van der Waals surface area contributed by atoms with Crippen LogP contribution in [0.25, 0.3) is 0 Å². The molecule has 1 aromatic rings. The molecule has 1 heterocycles. The van der Waals surface area contributed by atoms with Gasteiger partial charge in [-0.3, -0.25) is 14.3 Å². The highest BCUT2D eigenvalue weighted by Crippen LogP contribution is 1.97. The molecule has 76 valence electrons. The number of carbonyl (C=O) groups is 2. The maximum absolute atomic E-state index is 11.0. The van der Waals surface area contributed by atoms with Gasteiger partial charge in [0.15, 0.2) is 6.61 Å². The van der Waals surface area contributed by atoms with Gasteiger partial charge in [-0.2, -0.15) is 5.10 Å². The van der Waals surface area contributed by atoms with E-state index in [-0.39, 0.29) is 6.54 Å². The van der Waals surface area contributed by atoms with Gasteiger partial charge in [0, 0.05) is 6.20 Å². The summed E-state index contributed by atoms with van der Waals surface area (Å²) in [5, 5.41) is 3.76. The smallest absolute Gasteiger partial charge is 0.328 e.